The van der Waals surface area contributed by atoms with Crippen LogP contribution in [-0.2, 0) is 51.2 Å². The van der Waals surface area contributed by atoms with Crippen LogP contribution in [0.5, 0.6) is 5.75 Å². The summed E-state index contributed by atoms with van der Waals surface area (Å²) in [4.78, 5) is 28.5. The van der Waals surface area contributed by atoms with Gasteiger partial charge in [0.15, 0.2) is 0 Å². The van der Waals surface area contributed by atoms with Crippen LogP contribution in [0.3, 0.4) is 0 Å². The van der Waals surface area contributed by atoms with Gasteiger partial charge in [0.25, 0.3) is 0 Å². The number of aryl methyl sites for hydroxylation is 1. The second kappa shape index (κ2) is 12.0. The van der Waals surface area contributed by atoms with E-state index < -0.39 is 23.5 Å². The normalized spacial score (nSPS) is 11.3. The Morgan fingerprint density at radius 1 is 0.938 bits per heavy atom. The van der Waals surface area contributed by atoms with Crippen molar-refractivity contribution in [1.82, 2.24) is 4.98 Å². The minimum atomic E-state index is -1.57. The molecular weight excluding hydrogens is 422 g/mol. The predicted octanol–water partition coefficient (Wildman–Crippen LogP) is 1.21. The molecule has 0 aliphatic carbocycles. The van der Waals surface area contributed by atoms with Crippen molar-refractivity contribution in [2.45, 2.75) is 44.6 Å². The van der Waals surface area contributed by atoms with E-state index in [2.05, 4.69) is 16.8 Å². The van der Waals surface area contributed by atoms with Gasteiger partial charge in [-0.3, -0.25) is 14.6 Å². The lowest BCUT2D eigenvalue weighted by atomic mass is 10.1. The van der Waals surface area contributed by atoms with Crippen molar-refractivity contribution < 1.29 is 43.1 Å². The molecular formula is C22H27NO9. The molecule has 10 heteroatoms. The number of carbonyl (C=O) groups is 2. The second-order valence-corrected chi connectivity index (χ2v) is 6.48. The van der Waals surface area contributed by atoms with Gasteiger partial charge in [-0.2, -0.15) is 0 Å². The van der Waals surface area contributed by atoms with Crippen LogP contribution in [0, 0.1) is 31.6 Å². The number of pyridine rings is 1. The topological polar surface area (TPSA) is 123 Å². The third-order valence-electron chi connectivity index (χ3n) is 4.71. The highest BCUT2D eigenvalue weighted by atomic mass is 16.7. The summed E-state index contributed by atoms with van der Waals surface area (Å²) in [5, 5.41) is 10.4. The van der Waals surface area contributed by atoms with Crippen molar-refractivity contribution in [2.75, 3.05) is 28.4 Å². The van der Waals surface area contributed by atoms with Crippen molar-refractivity contribution >= 4 is 11.9 Å². The van der Waals surface area contributed by atoms with Gasteiger partial charge in [-0.1, -0.05) is 0 Å². The molecule has 1 N–H and O–H groups in total. The standard InChI is InChI=1S/C22H27NO9/c1-8-21(27-4,28-5)10-18(24)31-13-16-12-23-15(3)20(26)17(16)14-32-19(25)11-22(9-2,29-6)30-7/h1-2,12,26H,10-11,13-14H2,3-7H3. The average molecular weight is 449 g/mol. The van der Waals surface area contributed by atoms with Crippen molar-refractivity contribution in [3.05, 3.63) is 23.0 Å². The highest BCUT2D eigenvalue weighted by molar-refractivity contribution is 5.72. The number of ether oxygens (including phenoxy) is 6. The largest absolute Gasteiger partial charge is 0.506 e. The van der Waals surface area contributed by atoms with Gasteiger partial charge >= 0.3 is 11.9 Å². The van der Waals surface area contributed by atoms with Crippen molar-refractivity contribution in [1.29, 1.82) is 0 Å². The number of aromatic nitrogens is 1. The zero-order chi connectivity index (χ0) is 24.4. The zero-order valence-corrected chi connectivity index (χ0v) is 18.7. The van der Waals surface area contributed by atoms with Crippen molar-refractivity contribution in [3.8, 4) is 30.4 Å². The number of hydrogen-bond acceptors (Lipinski definition) is 10. The molecule has 1 rings (SSSR count). The summed E-state index contributed by atoms with van der Waals surface area (Å²) in [5.41, 5.74) is 0.821. The molecule has 1 aromatic heterocycles. The monoisotopic (exact) mass is 449 g/mol. The fourth-order valence-electron chi connectivity index (χ4n) is 2.56. The van der Waals surface area contributed by atoms with Gasteiger partial charge in [0.05, 0.1) is 5.69 Å². The third-order valence-corrected chi connectivity index (χ3v) is 4.71. The maximum absolute atomic E-state index is 12.2. The van der Waals surface area contributed by atoms with Gasteiger partial charge in [-0.05, 0) is 18.8 Å². The summed E-state index contributed by atoms with van der Waals surface area (Å²) in [6, 6.07) is 0. The Hall–Kier alpha value is -3.15. The summed E-state index contributed by atoms with van der Waals surface area (Å²) in [6.07, 6.45) is 11.4. The molecule has 0 radical (unpaired) electrons. The lowest BCUT2D eigenvalue weighted by molar-refractivity contribution is -0.186. The lowest BCUT2D eigenvalue weighted by Crippen LogP contribution is -2.35. The predicted molar refractivity (Wildman–Crippen MR) is 111 cm³/mol. The highest BCUT2D eigenvalue weighted by Crippen LogP contribution is 2.26. The van der Waals surface area contributed by atoms with Gasteiger partial charge in [-0.15, -0.1) is 12.8 Å². The minimum Gasteiger partial charge on any atom is -0.506 e. The maximum atomic E-state index is 12.2. The Kier molecular flexibility index (Phi) is 10.1. The molecule has 0 aliphatic heterocycles. The molecule has 0 saturated carbocycles. The van der Waals surface area contributed by atoms with Gasteiger partial charge in [0, 0.05) is 45.8 Å². The first-order valence-electron chi connectivity index (χ1n) is 9.29. The second-order valence-electron chi connectivity index (χ2n) is 6.48. The van der Waals surface area contributed by atoms with E-state index in [1.807, 2.05) is 0 Å². The first-order valence-corrected chi connectivity index (χ1v) is 9.29. The molecule has 32 heavy (non-hydrogen) atoms. The zero-order valence-electron chi connectivity index (χ0n) is 18.7. The van der Waals surface area contributed by atoms with Crippen LogP contribution in [0.15, 0.2) is 6.20 Å². The molecule has 174 valence electrons. The van der Waals surface area contributed by atoms with E-state index in [0.29, 0.717) is 11.3 Å². The Labute approximate surface area is 187 Å². The number of terminal acetylenes is 2. The van der Waals surface area contributed by atoms with Crippen LogP contribution in [0.2, 0.25) is 0 Å². The molecule has 10 nitrogen and oxygen atoms in total. The molecule has 0 saturated heterocycles. The molecule has 0 atom stereocenters. The van der Waals surface area contributed by atoms with E-state index in [1.165, 1.54) is 34.6 Å². The summed E-state index contributed by atoms with van der Waals surface area (Å²) in [6.45, 7) is 0.957. The molecule has 0 amide bonds. The Morgan fingerprint density at radius 3 is 1.78 bits per heavy atom. The van der Waals surface area contributed by atoms with Crippen LogP contribution in [0.25, 0.3) is 0 Å². The fraction of sp³-hybridized carbons (Fsp3) is 0.500. The minimum absolute atomic E-state index is 0.209. The van der Waals surface area contributed by atoms with Crippen molar-refractivity contribution in [2.24, 2.45) is 0 Å². The Balaban J connectivity index is 2.92. The molecule has 0 aromatic carbocycles. The lowest BCUT2D eigenvalue weighted by Gasteiger charge is -2.24. The van der Waals surface area contributed by atoms with E-state index in [-0.39, 0.29) is 37.4 Å². The van der Waals surface area contributed by atoms with Crippen molar-refractivity contribution in [3.63, 3.8) is 0 Å². The van der Waals surface area contributed by atoms with Crippen LogP contribution >= 0.6 is 0 Å². The third kappa shape index (κ3) is 6.67. The summed E-state index contributed by atoms with van der Waals surface area (Å²) < 4.78 is 30.6. The first-order chi connectivity index (χ1) is 15.1. The van der Waals surface area contributed by atoms with E-state index in [1.54, 1.807) is 6.92 Å². The molecule has 0 bridgehead atoms. The molecule has 0 unspecified atom stereocenters. The summed E-state index contributed by atoms with van der Waals surface area (Å²) >= 11 is 0. The molecule has 0 fully saturated rings. The first kappa shape index (κ1) is 26.9. The van der Waals surface area contributed by atoms with Gasteiger partial charge in [0.1, 0.15) is 31.8 Å². The van der Waals surface area contributed by atoms with Gasteiger partial charge < -0.3 is 33.5 Å². The number of hydrogen-bond donors (Lipinski definition) is 1. The number of esters is 2. The van der Waals surface area contributed by atoms with Gasteiger partial charge in [-0.25, -0.2) is 0 Å². The van der Waals surface area contributed by atoms with E-state index >= 15 is 0 Å². The van der Waals surface area contributed by atoms with Crippen LogP contribution in [0.1, 0.15) is 29.7 Å². The van der Waals surface area contributed by atoms with E-state index in [0.717, 1.165) is 0 Å². The summed E-state index contributed by atoms with van der Waals surface area (Å²) in [7, 11) is 5.19. The Bertz CT molecular complexity index is 890. The van der Waals surface area contributed by atoms with Crippen LogP contribution < -0.4 is 0 Å². The quantitative estimate of drug-likeness (QED) is 0.283. The Morgan fingerprint density at radius 2 is 1.38 bits per heavy atom. The number of rotatable bonds is 12. The van der Waals surface area contributed by atoms with E-state index in [9.17, 15) is 14.7 Å². The number of carbonyl (C=O) groups excluding carboxylic acids is 2. The van der Waals surface area contributed by atoms with Crippen LogP contribution in [0.4, 0.5) is 0 Å². The number of methoxy groups -OCH3 is 4. The SMILES string of the molecule is C#CC(CC(=O)OCc1cnc(C)c(O)c1COC(=O)CC(C#C)(OC)OC)(OC)OC. The van der Waals surface area contributed by atoms with Gasteiger partial charge in [0.2, 0.25) is 11.6 Å². The molecule has 0 spiro atoms. The number of nitrogens with zero attached hydrogens (tertiary/aromatic N) is 1. The molecule has 1 aromatic rings. The molecule has 0 aliphatic rings. The average Bonchev–Trinajstić information content (AvgIpc) is 2.81. The van der Waals surface area contributed by atoms with Crippen LogP contribution in [-0.4, -0.2) is 62.0 Å². The van der Waals surface area contributed by atoms with E-state index in [4.69, 9.17) is 41.3 Å². The molecule has 1 heterocycles. The smallest absolute Gasteiger partial charge is 0.312 e. The number of aromatic hydroxyl groups is 1. The fourth-order valence-corrected chi connectivity index (χ4v) is 2.56. The highest BCUT2D eigenvalue weighted by Gasteiger charge is 2.32. The summed E-state index contributed by atoms with van der Waals surface area (Å²) in [5.74, 6) is -0.295. The maximum Gasteiger partial charge on any atom is 0.312 e.